The van der Waals surface area contributed by atoms with E-state index in [-0.39, 0.29) is 29.5 Å². The molecule has 11 nitrogen and oxygen atoms in total. The number of nitrogens with zero attached hydrogens (tertiary/aromatic N) is 6. The van der Waals surface area contributed by atoms with Crippen LogP contribution < -0.4 is 15.5 Å². The zero-order valence-electron chi connectivity index (χ0n) is 31.9. The Morgan fingerprint density at radius 1 is 0.963 bits per heavy atom. The van der Waals surface area contributed by atoms with Crippen molar-refractivity contribution in [3.63, 3.8) is 0 Å². The first-order chi connectivity index (χ1) is 26.1. The summed E-state index contributed by atoms with van der Waals surface area (Å²) in [6.45, 7) is 12.0. The first-order valence-electron chi connectivity index (χ1n) is 19.9. The summed E-state index contributed by atoms with van der Waals surface area (Å²) in [5, 5.41) is 6.04. The van der Waals surface area contributed by atoms with Crippen LogP contribution in [0.4, 0.5) is 21.6 Å². The Balaban J connectivity index is 1.18. The molecule has 2 N–H and O–H groups in total. The quantitative estimate of drug-likeness (QED) is 0.197. The molecular weight excluding hydrogens is 684 g/mol. The highest BCUT2D eigenvalue weighted by Gasteiger charge is 2.55. The molecule has 3 aliphatic heterocycles. The maximum Gasteiger partial charge on any atom is 0.251 e. The van der Waals surface area contributed by atoms with Crippen LogP contribution in [-0.2, 0) is 21.5 Å². The topological polar surface area (TPSA) is 116 Å². The number of piperidine rings is 2. The number of carbonyl (C=O) groups excluding carboxylic acids is 3. The van der Waals surface area contributed by atoms with E-state index < -0.39 is 11.2 Å². The summed E-state index contributed by atoms with van der Waals surface area (Å²) >= 11 is 0. The number of imidazole rings is 1. The molecule has 2 aromatic heterocycles. The van der Waals surface area contributed by atoms with Crippen LogP contribution in [0.25, 0.3) is 22.3 Å². The van der Waals surface area contributed by atoms with Crippen LogP contribution in [0, 0.1) is 12.7 Å². The largest absolute Gasteiger partial charge is 0.352 e. The van der Waals surface area contributed by atoms with Gasteiger partial charge >= 0.3 is 0 Å². The number of carbonyl (C=O) groups is 3. The predicted octanol–water partition coefficient (Wildman–Crippen LogP) is 6.69. The Kier molecular flexibility index (Phi) is 9.66. The van der Waals surface area contributed by atoms with E-state index in [4.69, 9.17) is 9.97 Å². The fourth-order valence-corrected chi connectivity index (χ4v) is 9.28. The van der Waals surface area contributed by atoms with Crippen molar-refractivity contribution >= 4 is 45.9 Å². The van der Waals surface area contributed by atoms with Gasteiger partial charge in [0.1, 0.15) is 11.3 Å². The van der Waals surface area contributed by atoms with Crippen molar-refractivity contribution in [1.82, 2.24) is 29.7 Å². The number of hydrogen-bond donors (Lipinski definition) is 2. The number of pyridine rings is 1. The van der Waals surface area contributed by atoms with Crippen molar-refractivity contribution in [1.29, 1.82) is 0 Å². The zero-order chi connectivity index (χ0) is 37.7. The molecule has 2 saturated heterocycles. The van der Waals surface area contributed by atoms with E-state index in [1.54, 1.807) is 13.3 Å². The van der Waals surface area contributed by atoms with Crippen molar-refractivity contribution in [2.24, 2.45) is 0 Å². The molecule has 0 radical (unpaired) electrons. The summed E-state index contributed by atoms with van der Waals surface area (Å²) in [5.74, 6) is -0.0444. The van der Waals surface area contributed by atoms with Crippen molar-refractivity contribution < 1.29 is 18.8 Å². The minimum atomic E-state index is -0.663. The molecule has 1 aliphatic carbocycles. The third-order valence-electron chi connectivity index (χ3n) is 12.4. The van der Waals surface area contributed by atoms with Crippen LogP contribution in [0.5, 0.6) is 0 Å². The maximum absolute atomic E-state index is 15.5. The summed E-state index contributed by atoms with van der Waals surface area (Å²) in [5.41, 5.74) is 5.27. The summed E-state index contributed by atoms with van der Waals surface area (Å²) in [7, 11) is 0. The van der Waals surface area contributed by atoms with Gasteiger partial charge in [-0.05, 0) is 108 Å². The molecular formula is C42H51FN8O3. The SMILES string of the molecule is CCNC(=O)c1cc(Nc2nc(-c3ccc4c(c3)N(C3CC(N5CCCCC5)C3)C(=O)C43CCN(C(=O)CC)CC3)cc3ncn(CC)c23)c(F)cc1C. The van der Waals surface area contributed by atoms with Gasteiger partial charge in [-0.3, -0.25) is 14.4 Å². The first-order valence-corrected chi connectivity index (χ1v) is 19.9. The summed E-state index contributed by atoms with van der Waals surface area (Å²) in [6.07, 6.45) is 9.11. The van der Waals surface area contributed by atoms with E-state index in [9.17, 15) is 14.4 Å². The fourth-order valence-electron chi connectivity index (χ4n) is 9.28. The van der Waals surface area contributed by atoms with Crippen LogP contribution in [0.3, 0.4) is 0 Å². The average Bonchev–Trinajstić information content (AvgIpc) is 3.69. The van der Waals surface area contributed by atoms with Crippen molar-refractivity contribution in [2.45, 2.75) is 103 Å². The number of fused-ring (bicyclic) bond motifs is 3. The van der Waals surface area contributed by atoms with Crippen molar-refractivity contribution in [2.75, 3.05) is 42.9 Å². The lowest BCUT2D eigenvalue weighted by atomic mass is 9.73. The molecule has 4 aromatic rings. The molecule has 5 heterocycles. The number of benzene rings is 2. The molecule has 284 valence electrons. The molecule has 1 spiro atoms. The summed E-state index contributed by atoms with van der Waals surface area (Å²) in [6, 6.07) is 11.7. The minimum absolute atomic E-state index is 0.115. The van der Waals surface area contributed by atoms with Crippen molar-refractivity contribution in [3.05, 3.63) is 65.2 Å². The Labute approximate surface area is 316 Å². The number of aryl methyl sites for hydroxylation is 2. The van der Waals surface area contributed by atoms with Gasteiger partial charge in [0.2, 0.25) is 11.8 Å². The molecule has 0 unspecified atom stereocenters. The van der Waals surface area contributed by atoms with Gasteiger partial charge < -0.3 is 29.9 Å². The number of rotatable bonds is 9. The highest BCUT2D eigenvalue weighted by Crippen LogP contribution is 2.52. The van der Waals surface area contributed by atoms with E-state index in [1.807, 2.05) is 42.4 Å². The second-order valence-electron chi connectivity index (χ2n) is 15.5. The van der Waals surface area contributed by atoms with E-state index >= 15 is 4.39 Å². The standard InChI is InChI=1S/C42H51FN8O3/c1-5-37(52)50-17-13-42(14-18-50)31-12-11-27(20-36(31)51(41(42)54)29-21-28(22-29)49-15-9-8-10-16-49)33-24-35-38(48(7-3)25-45-35)39(46-33)47-34-23-30(40(53)44-6-2)26(4)19-32(34)43/h11-12,19-20,23-25,28-29H,5-10,13-18,21-22H2,1-4H3,(H,44,53)(H,46,47). The Hall–Kier alpha value is -4.84. The Bertz CT molecular complexity index is 2110. The van der Waals surface area contributed by atoms with Gasteiger partial charge in [-0.25, -0.2) is 14.4 Å². The smallest absolute Gasteiger partial charge is 0.251 e. The monoisotopic (exact) mass is 734 g/mol. The van der Waals surface area contributed by atoms with Crippen LogP contribution >= 0.6 is 0 Å². The molecule has 12 heteroatoms. The lowest BCUT2D eigenvalue weighted by Crippen LogP contribution is -2.58. The normalized spacial score (nSPS) is 21.0. The van der Waals surface area contributed by atoms with Crippen LogP contribution in [0.1, 0.15) is 93.6 Å². The number of anilines is 3. The highest BCUT2D eigenvalue weighted by molar-refractivity contribution is 6.09. The molecule has 8 rings (SSSR count). The van der Waals surface area contributed by atoms with Crippen LogP contribution in [-0.4, -0.2) is 86.9 Å². The van der Waals surface area contributed by atoms with Gasteiger partial charge in [-0.15, -0.1) is 0 Å². The third-order valence-corrected chi connectivity index (χ3v) is 12.4. The third kappa shape index (κ3) is 6.12. The second kappa shape index (κ2) is 14.4. The fraction of sp³-hybridized carbons (Fsp3) is 0.500. The molecule has 0 bridgehead atoms. The molecule has 0 atom stereocenters. The highest BCUT2D eigenvalue weighted by atomic mass is 19.1. The van der Waals surface area contributed by atoms with Gasteiger partial charge in [-0.1, -0.05) is 25.5 Å². The minimum Gasteiger partial charge on any atom is -0.352 e. The zero-order valence-corrected chi connectivity index (χ0v) is 31.9. The number of hydrogen-bond acceptors (Lipinski definition) is 7. The number of amides is 3. The van der Waals surface area contributed by atoms with Gasteiger partial charge in [0, 0.05) is 61.5 Å². The van der Waals surface area contributed by atoms with Gasteiger partial charge in [0.05, 0.1) is 28.6 Å². The van der Waals surface area contributed by atoms with Crippen LogP contribution in [0.2, 0.25) is 0 Å². The molecule has 1 saturated carbocycles. The van der Waals surface area contributed by atoms with Gasteiger partial charge in [0.15, 0.2) is 5.82 Å². The Morgan fingerprint density at radius 2 is 1.72 bits per heavy atom. The number of aromatic nitrogens is 3. The van der Waals surface area contributed by atoms with Gasteiger partial charge in [0.25, 0.3) is 5.91 Å². The number of halogens is 1. The molecule has 3 amide bonds. The number of likely N-dealkylation sites (tertiary alicyclic amines) is 2. The second-order valence-corrected chi connectivity index (χ2v) is 15.5. The van der Waals surface area contributed by atoms with Crippen LogP contribution in [0.15, 0.2) is 42.7 Å². The lowest BCUT2D eigenvalue weighted by Gasteiger charge is -2.48. The summed E-state index contributed by atoms with van der Waals surface area (Å²) in [4.78, 5) is 56.7. The number of nitrogens with one attached hydrogen (secondary N) is 2. The molecule has 3 fully saturated rings. The average molecular weight is 735 g/mol. The van der Waals surface area contributed by atoms with Crippen molar-refractivity contribution in [3.8, 4) is 11.3 Å². The molecule has 2 aromatic carbocycles. The van der Waals surface area contributed by atoms with E-state index in [2.05, 4.69) is 32.6 Å². The van der Waals surface area contributed by atoms with E-state index in [1.165, 1.54) is 31.4 Å². The van der Waals surface area contributed by atoms with Gasteiger partial charge in [-0.2, -0.15) is 0 Å². The molecule has 4 aliphatic rings. The maximum atomic E-state index is 15.5. The first kappa shape index (κ1) is 36.2. The predicted molar refractivity (Wildman–Crippen MR) is 209 cm³/mol. The molecule has 54 heavy (non-hydrogen) atoms. The summed E-state index contributed by atoms with van der Waals surface area (Å²) < 4.78 is 17.5. The van der Waals surface area contributed by atoms with E-state index in [0.717, 1.165) is 48.3 Å². The lowest BCUT2D eigenvalue weighted by molar-refractivity contribution is -0.135. The Morgan fingerprint density at radius 3 is 2.43 bits per heavy atom. The van der Waals surface area contributed by atoms with E-state index in [0.29, 0.717) is 79.6 Å².